The van der Waals surface area contributed by atoms with Crippen LogP contribution in [0.4, 0.5) is 0 Å². The molecule has 0 saturated carbocycles. The Morgan fingerprint density at radius 2 is 2.04 bits per heavy atom. The molecule has 0 unspecified atom stereocenters. The number of furan rings is 1. The van der Waals surface area contributed by atoms with Gasteiger partial charge in [-0.2, -0.15) is 5.10 Å². The molecule has 0 aliphatic carbocycles. The Morgan fingerprint density at radius 3 is 2.80 bits per heavy atom. The number of aryl methyl sites for hydroxylation is 1. The van der Waals surface area contributed by atoms with Crippen molar-refractivity contribution < 1.29 is 13.9 Å². The fourth-order valence-electron chi connectivity index (χ4n) is 2.28. The van der Waals surface area contributed by atoms with E-state index in [1.165, 1.54) is 6.08 Å². The van der Waals surface area contributed by atoms with Crippen molar-refractivity contribution >= 4 is 23.5 Å². The zero-order valence-corrected chi connectivity index (χ0v) is 14.4. The molecule has 6 heteroatoms. The number of nitrogens with zero attached hydrogens (tertiary/aromatic N) is 2. The zero-order valence-electron chi connectivity index (χ0n) is 13.7. The van der Waals surface area contributed by atoms with Crippen LogP contribution in [-0.4, -0.2) is 15.6 Å². The lowest BCUT2D eigenvalue weighted by atomic mass is 10.2. The van der Waals surface area contributed by atoms with Crippen molar-refractivity contribution in [1.29, 1.82) is 0 Å². The Bertz CT molecular complexity index is 878. The molecule has 0 fully saturated rings. The third kappa shape index (κ3) is 4.39. The van der Waals surface area contributed by atoms with Crippen molar-refractivity contribution in [2.75, 3.05) is 0 Å². The highest BCUT2D eigenvalue weighted by molar-refractivity contribution is 6.30. The number of allylic oxidation sites excluding steroid dienone is 1. The summed E-state index contributed by atoms with van der Waals surface area (Å²) in [6.07, 6.45) is 4.73. The summed E-state index contributed by atoms with van der Waals surface area (Å²) >= 11 is 5.83. The SMILES string of the molecule is CCn1nccc1C(=O)/C=C/c1ccc(COc2ccc(Cl)cc2)o1. The molecule has 3 rings (SSSR count). The first-order chi connectivity index (χ1) is 12.2. The van der Waals surface area contributed by atoms with Crippen LogP contribution in [0.1, 0.15) is 28.9 Å². The maximum atomic E-state index is 12.2. The standard InChI is InChI=1S/C19H17ClN2O3/c1-2-22-18(11-12-21-22)19(23)10-9-16-7-8-17(25-16)13-24-15-5-3-14(20)4-6-15/h3-12H,2,13H2,1H3/b10-9+. The number of carbonyl (C=O) groups is 1. The van der Waals surface area contributed by atoms with Gasteiger partial charge in [0.1, 0.15) is 29.6 Å². The number of carbonyl (C=O) groups excluding carboxylic acids is 1. The van der Waals surface area contributed by atoms with E-state index in [1.807, 2.05) is 13.0 Å². The molecule has 0 atom stereocenters. The van der Waals surface area contributed by atoms with Gasteiger partial charge < -0.3 is 9.15 Å². The second-order valence-electron chi connectivity index (χ2n) is 5.28. The quantitative estimate of drug-likeness (QED) is 0.457. The van der Waals surface area contributed by atoms with E-state index in [2.05, 4.69) is 5.10 Å². The van der Waals surface area contributed by atoms with Crippen molar-refractivity contribution in [2.45, 2.75) is 20.1 Å². The average molecular weight is 357 g/mol. The molecule has 0 aliphatic rings. The summed E-state index contributed by atoms with van der Waals surface area (Å²) < 4.78 is 12.9. The van der Waals surface area contributed by atoms with Gasteiger partial charge in [-0.1, -0.05) is 11.6 Å². The van der Waals surface area contributed by atoms with Gasteiger partial charge in [0.25, 0.3) is 0 Å². The van der Waals surface area contributed by atoms with Crippen LogP contribution in [0.25, 0.3) is 6.08 Å². The van der Waals surface area contributed by atoms with E-state index in [0.29, 0.717) is 41.1 Å². The minimum Gasteiger partial charge on any atom is -0.486 e. The lowest BCUT2D eigenvalue weighted by Gasteiger charge is -2.03. The Morgan fingerprint density at radius 1 is 1.24 bits per heavy atom. The highest BCUT2D eigenvalue weighted by atomic mass is 35.5. The first kappa shape index (κ1) is 17.0. The summed E-state index contributed by atoms with van der Waals surface area (Å²) in [6, 6.07) is 12.4. The van der Waals surface area contributed by atoms with Crippen molar-refractivity contribution in [3.8, 4) is 5.75 Å². The number of rotatable bonds is 7. The number of aromatic nitrogens is 2. The Labute approximate surface area is 150 Å². The molecule has 3 aromatic rings. The molecular formula is C19H17ClN2O3. The average Bonchev–Trinajstić information content (AvgIpc) is 3.28. The van der Waals surface area contributed by atoms with Crippen molar-refractivity contribution in [3.05, 3.63) is 77.0 Å². The molecule has 0 bridgehead atoms. The van der Waals surface area contributed by atoms with Gasteiger partial charge in [-0.15, -0.1) is 0 Å². The van der Waals surface area contributed by atoms with Crippen molar-refractivity contribution in [3.63, 3.8) is 0 Å². The van der Waals surface area contributed by atoms with E-state index in [1.54, 1.807) is 53.4 Å². The van der Waals surface area contributed by atoms with Crippen molar-refractivity contribution in [2.24, 2.45) is 0 Å². The van der Waals surface area contributed by atoms with Gasteiger partial charge in [-0.3, -0.25) is 9.48 Å². The zero-order chi connectivity index (χ0) is 17.6. The molecular weight excluding hydrogens is 340 g/mol. The molecule has 128 valence electrons. The van der Waals surface area contributed by atoms with Crippen LogP contribution in [-0.2, 0) is 13.2 Å². The summed E-state index contributed by atoms with van der Waals surface area (Å²) in [5.41, 5.74) is 0.552. The third-order valence-electron chi connectivity index (χ3n) is 3.54. The minimum atomic E-state index is -0.116. The molecule has 0 saturated heterocycles. The van der Waals surface area contributed by atoms with Crippen LogP contribution in [0.5, 0.6) is 5.75 Å². The van der Waals surface area contributed by atoms with Gasteiger partial charge >= 0.3 is 0 Å². The van der Waals surface area contributed by atoms with Crippen LogP contribution < -0.4 is 4.74 Å². The Kier molecular flexibility index (Phi) is 5.36. The Hall–Kier alpha value is -2.79. The molecule has 5 nitrogen and oxygen atoms in total. The van der Waals surface area contributed by atoms with E-state index in [0.717, 1.165) is 0 Å². The smallest absolute Gasteiger partial charge is 0.203 e. The van der Waals surface area contributed by atoms with E-state index in [4.69, 9.17) is 20.8 Å². The van der Waals surface area contributed by atoms with Gasteiger partial charge in [0, 0.05) is 17.8 Å². The summed E-state index contributed by atoms with van der Waals surface area (Å²) in [7, 11) is 0. The first-order valence-electron chi connectivity index (χ1n) is 7.87. The number of benzene rings is 1. The fourth-order valence-corrected chi connectivity index (χ4v) is 2.41. The van der Waals surface area contributed by atoms with Crippen LogP contribution >= 0.6 is 11.6 Å². The maximum Gasteiger partial charge on any atom is 0.203 e. The molecule has 2 aromatic heterocycles. The van der Waals surface area contributed by atoms with Crippen molar-refractivity contribution in [1.82, 2.24) is 9.78 Å². The second-order valence-corrected chi connectivity index (χ2v) is 5.71. The maximum absolute atomic E-state index is 12.2. The highest BCUT2D eigenvalue weighted by Crippen LogP contribution is 2.18. The van der Waals surface area contributed by atoms with Crippen LogP contribution in [0, 0.1) is 0 Å². The van der Waals surface area contributed by atoms with Gasteiger partial charge in [0.15, 0.2) is 0 Å². The van der Waals surface area contributed by atoms with Crippen LogP contribution in [0.3, 0.4) is 0 Å². The normalized spacial score (nSPS) is 11.1. The van der Waals surface area contributed by atoms with Gasteiger partial charge in [0.2, 0.25) is 5.78 Å². The highest BCUT2D eigenvalue weighted by Gasteiger charge is 2.08. The van der Waals surface area contributed by atoms with E-state index < -0.39 is 0 Å². The lowest BCUT2D eigenvalue weighted by Crippen LogP contribution is -2.07. The largest absolute Gasteiger partial charge is 0.486 e. The first-order valence-corrected chi connectivity index (χ1v) is 8.25. The topological polar surface area (TPSA) is 57.3 Å². The summed E-state index contributed by atoms with van der Waals surface area (Å²) in [4.78, 5) is 12.2. The molecule has 0 spiro atoms. The molecule has 0 radical (unpaired) electrons. The van der Waals surface area contributed by atoms with E-state index in [9.17, 15) is 4.79 Å². The van der Waals surface area contributed by atoms with Crippen LogP contribution in [0.2, 0.25) is 5.02 Å². The summed E-state index contributed by atoms with van der Waals surface area (Å²) in [5.74, 6) is 1.85. The monoisotopic (exact) mass is 356 g/mol. The summed E-state index contributed by atoms with van der Waals surface area (Å²) in [5, 5.41) is 4.75. The molecule has 2 heterocycles. The Balaban J connectivity index is 1.59. The summed E-state index contributed by atoms with van der Waals surface area (Å²) in [6.45, 7) is 2.88. The van der Waals surface area contributed by atoms with Crippen LogP contribution in [0.15, 0.2) is 59.2 Å². The minimum absolute atomic E-state index is 0.116. The van der Waals surface area contributed by atoms with E-state index in [-0.39, 0.29) is 5.78 Å². The third-order valence-corrected chi connectivity index (χ3v) is 3.80. The lowest BCUT2D eigenvalue weighted by molar-refractivity contribution is 0.103. The number of hydrogen-bond donors (Lipinski definition) is 0. The van der Waals surface area contributed by atoms with E-state index >= 15 is 0 Å². The second kappa shape index (κ2) is 7.85. The fraction of sp³-hybridized carbons (Fsp3) is 0.158. The molecule has 0 N–H and O–H groups in total. The van der Waals surface area contributed by atoms with Gasteiger partial charge in [-0.05, 0) is 61.5 Å². The van der Waals surface area contributed by atoms with Gasteiger partial charge in [-0.25, -0.2) is 0 Å². The molecule has 25 heavy (non-hydrogen) atoms. The predicted molar refractivity (Wildman–Crippen MR) is 95.8 cm³/mol. The molecule has 0 amide bonds. The predicted octanol–water partition coefficient (Wildman–Crippen LogP) is 4.62. The molecule has 0 aliphatic heterocycles. The number of halogens is 1. The van der Waals surface area contributed by atoms with Gasteiger partial charge in [0.05, 0.1) is 0 Å². The number of ether oxygens (including phenoxy) is 1. The molecule has 1 aromatic carbocycles. The number of ketones is 1. The number of hydrogen-bond acceptors (Lipinski definition) is 4.